The van der Waals surface area contributed by atoms with Gasteiger partial charge in [-0.05, 0) is 45.1 Å². The molecule has 3 aromatic rings. The van der Waals surface area contributed by atoms with E-state index in [-0.39, 0.29) is 0 Å². The summed E-state index contributed by atoms with van der Waals surface area (Å²) in [6, 6.07) is 25.2. The first-order valence-electron chi connectivity index (χ1n) is 7.60. The maximum atomic E-state index is 8.78. The highest BCUT2D eigenvalue weighted by Gasteiger charge is 2.07. The van der Waals surface area contributed by atoms with Crippen LogP contribution in [0.5, 0.6) is 0 Å². The Labute approximate surface area is 158 Å². The molecule has 0 spiro atoms. The number of nitrogens with zero attached hydrogens (tertiary/aromatic N) is 1. The third-order valence-corrected chi connectivity index (χ3v) is 3.93. The van der Waals surface area contributed by atoms with Gasteiger partial charge in [0, 0.05) is 23.4 Å². The number of pyridine rings is 1. The van der Waals surface area contributed by atoms with E-state index in [1.54, 1.807) is 0 Å². The van der Waals surface area contributed by atoms with E-state index in [4.69, 9.17) is 8.76 Å². The van der Waals surface area contributed by atoms with Crippen LogP contribution in [0.25, 0.3) is 0 Å². The monoisotopic (exact) mass is 417 g/mol. The molecule has 4 nitrogen and oxygen atoms in total. The fourth-order valence-electron chi connectivity index (χ4n) is 2.42. The Morgan fingerprint density at radius 2 is 1.36 bits per heavy atom. The second-order valence-corrected chi connectivity index (χ2v) is 6.66. The summed E-state index contributed by atoms with van der Waals surface area (Å²) < 4.78 is 18.4. The molecule has 0 aliphatic heterocycles. The van der Waals surface area contributed by atoms with Crippen LogP contribution in [0.4, 0.5) is 0 Å². The minimum atomic E-state index is -2.36. The van der Waals surface area contributed by atoms with Gasteiger partial charge >= 0.3 is 0 Å². The van der Waals surface area contributed by atoms with Crippen molar-refractivity contribution in [1.29, 1.82) is 0 Å². The summed E-state index contributed by atoms with van der Waals surface area (Å²) in [5.41, 5.74) is 5.03. The zero-order chi connectivity index (χ0) is 18.1. The molecule has 130 valence electrons. The number of hydrogen-bond donors (Lipinski definition) is 1. The highest BCUT2D eigenvalue weighted by atomic mass is 79.9. The van der Waals surface area contributed by atoms with Gasteiger partial charge in [0.1, 0.15) is 4.60 Å². The molecular formula is C19H18BrN2O2S-. The topological polar surface area (TPSA) is 79.0 Å². The quantitative estimate of drug-likeness (QED) is 0.518. The largest absolute Gasteiger partial charge is 0.760 e. The van der Waals surface area contributed by atoms with Crippen LogP contribution in [0, 0.1) is 0 Å². The van der Waals surface area contributed by atoms with E-state index in [1.165, 1.54) is 16.7 Å². The van der Waals surface area contributed by atoms with Crippen molar-refractivity contribution in [1.82, 2.24) is 4.98 Å². The number of aromatic nitrogens is 1. The highest BCUT2D eigenvalue weighted by Crippen LogP contribution is 2.19. The van der Waals surface area contributed by atoms with Crippen LogP contribution in [0.15, 0.2) is 77.4 Å². The summed E-state index contributed by atoms with van der Waals surface area (Å²) >= 11 is 1.12. The van der Waals surface area contributed by atoms with Crippen molar-refractivity contribution in [2.45, 2.75) is 12.8 Å². The van der Waals surface area contributed by atoms with Crippen LogP contribution in [0.3, 0.4) is 0 Å². The summed E-state index contributed by atoms with van der Waals surface area (Å²) in [5.74, 6) is 0. The molecule has 3 rings (SSSR count). The predicted octanol–water partition coefficient (Wildman–Crippen LogP) is 3.76. The SMILES string of the molecule is Brc1ccc(Cc2ccccc2)c(Cc2ccccc2)n1.NS(=O)[O-]. The van der Waals surface area contributed by atoms with Crippen LogP contribution in [-0.2, 0) is 24.1 Å². The fraction of sp³-hybridized carbons (Fsp3) is 0.105. The van der Waals surface area contributed by atoms with Crippen molar-refractivity contribution in [2.75, 3.05) is 0 Å². The molecule has 2 aromatic carbocycles. The summed E-state index contributed by atoms with van der Waals surface area (Å²) in [6.45, 7) is 0. The van der Waals surface area contributed by atoms with Gasteiger partial charge in [-0.15, -0.1) is 0 Å². The lowest BCUT2D eigenvalue weighted by Gasteiger charge is -2.10. The van der Waals surface area contributed by atoms with Gasteiger partial charge in [-0.2, -0.15) is 0 Å². The summed E-state index contributed by atoms with van der Waals surface area (Å²) in [5, 5.41) is 4.03. The molecule has 6 heteroatoms. The van der Waals surface area contributed by atoms with Gasteiger partial charge < -0.3 is 4.55 Å². The smallest absolute Gasteiger partial charge is 0.106 e. The zero-order valence-corrected chi connectivity index (χ0v) is 15.9. The fourth-order valence-corrected chi connectivity index (χ4v) is 2.77. The minimum absolute atomic E-state index is 0.864. The van der Waals surface area contributed by atoms with E-state index in [0.717, 1.165) is 23.1 Å². The minimum Gasteiger partial charge on any atom is -0.760 e. The Hall–Kier alpha value is -1.86. The molecule has 0 saturated carbocycles. The summed E-state index contributed by atoms with van der Waals surface area (Å²) in [7, 11) is 0. The molecule has 25 heavy (non-hydrogen) atoms. The third kappa shape index (κ3) is 7.27. The molecule has 1 aromatic heterocycles. The van der Waals surface area contributed by atoms with E-state index < -0.39 is 11.3 Å². The third-order valence-electron chi connectivity index (χ3n) is 3.49. The summed E-state index contributed by atoms with van der Waals surface area (Å²) in [4.78, 5) is 4.68. The summed E-state index contributed by atoms with van der Waals surface area (Å²) in [6.07, 6.45) is 1.78. The normalized spacial score (nSPS) is 11.3. The van der Waals surface area contributed by atoms with Gasteiger partial charge in [0.2, 0.25) is 0 Å². The molecule has 0 radical (unpaired) electrons. The van der Waals surface area contributed by atoms with E-state index in [0.29, 0.717) is 0 Å². The van der Waals surface area contributed by atoms with Crippen LogP contribution < -0.4 is 5.14 Å². The molecule has 0 saturated heterocycles. The standard InChI is InChI=1S/C19H16BrN.H3NO2S/c20-19-12-11-17(13-15-7-3-1-4-8-15)18(21-19)14-16-9-5-2-6-10-16;1-4(2)3/h1-12H,13-14H2;1H2,(H,2,3)/p-1. The molecule has 1 unspecified atom stereocenters. The predicted molar refractivity (Wildman–Crippen MR) is 104 cm³/mol. The molecule has 0 amide bonds. The highest BCUT2D eigenvalue weighted by molar-refractivity contribution is 9.10. The lowest BCUT2D eigenvalue weighted by atomic mass is 10.00. The Morgan fingerprint density at radius 3 is 1.88 bits per heavy atom. The van der Waals surface area contributed by atoms with Crippen LogP contribution >= 0.6 is 15.9 Å². The van der Waals surface area contributed by atoms with Crippen molar-refractivity contribution in [2.24, 2.45) is 5.14 Å². The molecule has 1 heterocycles. The number of benzene rings is 2. The van der Waals surface area contributed by atoms with Crippen LogP contribution in [0.2, 0.25) is 0 Å². The number of nitrogens with two attached hydrogens (primary N) is 1. The zero-order valence-electron chi connectivity index (χ0n) is 13.5. The average Bonchev–Trinajstić information content (AvgIpc) is 2.59. The van der Waals surface area contributed by atoms with Crippen LogP contribution in [-0.4, -0.2) is 13.7 Å². The molecule has 0 aliphatic rings. The molecule has 0 bridgehead atoms. The maximum Gasteiger partial charge on any atom is 0.106 e. The van der Waals surface area contributed by atoms with E-state index in [9.17, 15) is 0 Å². The second kappa shape index (κ2) is 10.2. The Kier molecular flexibility index (Phi) is 7.94. The molecule has 1 atom stereocenters. The van der Waals surface area contributed by atoms with Crippen molar-refractivity contribution in [3.8, 4) is 0 Å². The average molecular weight is 418 g/mol. The Morgan fingerprint density at radius 1 is 0.880 bits per heavy atom. The molecular weight excluding hydrogens is 400 g/mol. The van der Waals surface area contributed by atoms with Gasteiger partial charge in [-0.3, -0.25) is 9.35 Å². The molecule has 0 aliphatic carbocycles. The van der Waals surface area contributed by atoms with Gasteiger partial charge in [-0.25, -0.2) is 4.98 Å². The van der Waals surface area contributed by atoms with E-state index in [1.807, 2.05) is 18.2 Å². The second-order valence-electron chi connectivity index (χ2n) is 5.33. The number of hydrogen-bond acceptors (Lipinski definition) is 3. The first kappa shape index (κ1) is 19.5. The van der Waals surface area contributed by atoms with Gasteiger partial charge in [0.15, 0.2) is 0 Å². The van der Waals surface area contributed by atoms with Gasteiger partial charge in [0.05, 0.1) is 0 Å². The van der Waals surface area contributed by atoms with Crippen molar-refractivity contribution in [3.63, 3.8) is 0 Å². The number of halogens is 1. The van der Waals surface area contributed by atoms with Crippen molar-refractivity contribution >= 4 is 27.2 Å². The molecule has 0 fully saturated rings. The first-order chi connectivity index (χ1) is 12.0. The van der Waals surface area contributed by atoms with Crippen LogP contribution in [0.1, 0.15) is 22.4 Å². The lowest BCUT2D eigenvalue weighted by molar-refractivity contribution is 0.539. The van der Waals surface area contributed by atoms with Crippen molar-refractivity contribution < 1.29 is 8.76 Å². The Balaban J connectivity index is 0.000000511. The maximum absolute atomic E-state index is 8.78. The van der Waals surface area contributed by atoms with E-state index >= 15 is 0 Å². The lowest BCUT2D eigenvalue weighted by Crippen LogP contribution is -2.00. The van der Waals surface area contributed by atoms with Gasteiger partial charge in [-0.1, -0.05) is 66.7 Å². The number of rotatable bonds is 4. The van der Waals surface area contributed by atoms with Crippen molar-refractivity contribution in [3.05, 3.63) is 99.8 Å². The van der Waals surface area contributed by atoms with E-state index in [2.05, 4.69) is 80.7 Å². The van der Waals surface area contributed by atoms with Gasteiger partial charge in [0.25, 0.3) is 0 Å². The first-order valence-corrected chi connectivity index (χ1v) is 9.53. The Bertz CT molecular complexity index is 810. The molecule has 2 N–H and O–H groups in total.